The summed E-state index contributed by atoms with van der Waals surface area (Å²) in [5, 5.41) is 0. The molecule has 0 amide bonds. The monoisotopic (exact) mass is 320 g/mol. The molecular weight excluding hydrogens is 292 g/mol. The second-order valence-corrected chi connectivity index (χ2v) is 6.13. The molecule has 2 aliphatic rings. The number of hydrogen-bond acceptors (Lipinski definition) is 4. The van der Waals surface area contributed by atoms with Gasteiger partial charge in [-0.3, -0.25) is 4.79 Å². The molecule has 4 heteroatoms. The zero-order chi connectivity index (χ0) is 16.7. The Hall–Kier alpha value is -1.58. The van der Waals surface area contributed by atoms with Crippen LogP contribution in [0.15, 0.2) is 22.3 Å². The molecule has 128 valence electrons. The quantitative estimate of drug-likeness (QED) is 0.658. The van der Waals surface area contributed by atoms with Gasteiger partial charge in [-0.1, -0.05) is 5.57 Å². The van der Waals surface area contributed by atoms with Crippen molar-refractivity contribution in [1.82, 2.24) is 0 Å². The van der Waals surface area contributed by atoms with Gasteiger partial charge < -0.3 is 9.47 Å². The molecule has 0 aliphatic heterocycles. The molecule has 2 aliphatic carbocycles. The summed E-state index contributed by atoms with van der Waals surface area (Å²) >= 11 is 0. The lowest BCUT2D eigenvalue weighted by Gasteiger charge is -2.29. The molecule has 0 aromatic rings. The summed E-state index contributed by atoms with van der Waals surface area (Å²) in [6.45, 7) is 4.49. The number of ether oxygens (including phenoxy) is 2. The third kappa shape index (κ3) is 4.69. The Morgan fingerprint density at radius 1 is 0.957 bits per heavy atom. The summed E-state index contributed by atoms with van der Waals surface area (Å²) in [4.78, 5) is 23.8. The standard InChI is InChI=1S/C19H28O4/c1-3-22-18(20)11-7-10-16-15-9-6-5-8-14(15)12-13-17(16)19(21)23-4-2/h3-13H2,1-2H3. The van der Waals surface area contributed by atoms with Gasteiger partial charge in [-0.25, -0.2) is 4.79 Å². The minimum absolute atomic E-state index is 0.153. The first-order chi connectivity index (χ1) is 11.2. The number of rotatable bonds is 7. The molecule has 0 atom stereocenters. The minimum Gasteiger partial charge on any atom is -0.466 e. The fourth-order valence-corrected chi connectivity index (χ4v) is 3.60. The van der Waals surface area contributed by atoms with E-state index in [1.807, 2.05) is 13.8 Å². The van der Waals surface area contributed by atoms with E-state index >= 15 is 0 Å². The summed E-state index contributed by atoms with van der Waals surface area (Å²) < 4.78 is 10.2. The number of esters is 2. The Morgan fingerprint density at radius 2 is 1.70 bits per heavy atom. The van der Waals surface area contributed by atoms with Crippen LogP contribution in [0.5, 0.6) is 0 Å². The molecule has 0 aromatic heterocycles. The van der Waals surface area contributed by atoms with Gasteiger partial charge in [0.05, 0.1) is 13.2 Å². The first-order valence-corrected chi connectivity index (χ1v) is 8.93. The Kier molecular flexibility index (Phi) is 6.87. The Morgan fingerprint density at radius 3 is 2.43 bits per heavy atom. The van der Waals surface area contributed by atoms with E-state index in [-0.39, 0.29) is 11.9 Å². The molecular formula is C19H28O4. The summed E-state index contributed by atoms with van der Waals surface area (Å²) in [5.74, 6) is -0.324. The van der Waals surface area contributed by atoms with Crippen molar-refractivity contribution in [3.05, 3.63) is 22.3 Å². The maximum absolute atomic E-state index is 12.3. The van der Waals surface area contributed by atoms with E-state index in [0.29, 0.717) is 19.6 Å². The lowest BCUT2D eigenvalue weighted by molar-refractivity contribution is -0.143. The van der Waals surface area contributed by atoms with Gasteiger partial charge in [0, 0.05) is 12.0 Å². The zero-order valence-electron chi connectivity index (χ0n) is 14.4. The molecule has 0 spiro atoms. The van der Waals surface area contributed by atoms with Crippen LogP contribution in [0.2, 0.25) is 0 Å². The SMILES string of the molecule is CCOC(=O)CCCC1=C(C(=O)OCC)CCC2=C1CCCC2. The molecule has 0 heterocycles. The van der Waals surface area contributed by atoms with Crippen LogP contribution in [0.3, 0.4) is 0 Å². The highest BCUT2D eigenvalue weighted by molar-refractivity contribution is 5.91. The van der Waals surface area contributed by atoms with E-state index in [0.717, 1.165) is 49.7 Å². The van der Waals surface area contributed by atoms with E-state index in [9.17, 15) is 9.59 Å². The highest BCUT2D eigenvalue weighted by Crippen LogP contribution is 2.41. The van der Waals surface area contributed by atoms with Crippen LogP contribution >= 0.6 is 0 Å². The molecule has 4 nitrogen and oxygen atoms in total. The van der Waals surface area contributed by atoms with Gasteiger partial charge in [0.1, 0.15) is 0 Å². The lowest BCUT2D eigenvalue weighted by Crippen LogP contribution is -2.18. The first-order valence-electron chi connectivity index (χ1n) is 8.93. The Labute approximate surface area is 138 Å². The van der Waals surface area contributed by atoms with Crippen LogP contribution in [0.25, 0.3) is 0 Å². The van der Waals surface area contributed by atoms with Gasteiger partial charge in [-0.15, -0.1) is 0 Å². The van der Waals surface area contributed by atoms with Gasteiger partial charge in [0.25, 0.3) is 0 Å². The van der Waals surface area contributed by atoms with Crippen LogP contribution in [0, 0.1) is 0 Å². The molecule has 23 heavy (non-hydrogen) atoms. The lowest BCUT2D eigenvalue weighted by atomic mass is 9.77. The van der Waals surface area contributed by atoms with Crippen molar-refractivity contribution in [3.63, 3.8) is 0 Å². The van der Waals surface area contributed by atoms with Crippen molar-refractivity contribution in [2.75, 3.05) is 13.2 Å². The summed E-state index contributed by atoms with van der Waals surface area (Å²) in [6, 6.07) is 0. The van der Waals surface area contributed by atoms with Crippen LogP contribution in [-0.4, -0.2) is 25.2 Å². The Bertz CT molecular complexity index is 513. The highest BCUT2D eigenvalue weighted by atomic mass is 16.5. The maximum atomic E-state index is 12.3. The van der Waals surface area contributed by atoms with Crippen LogP contribution < -0.4 is 0 Å². The topological polar surface area (TPSA) is 52.6 Å². The first kappa shape index (κ1) is 17.8. The van der Waals surface area contributed by atoms with E-state index < -0.39 is 0 Å². The average molecular weight is 320 g/mol. The van der Waals surface area contributed by atoms with Gasteiger partial charge in [0.2, 0.25) is 0 Å². The van der Waals surface area contributed by atoms with Gasteiger partial charge in [-0.05, 0) is 76.4 Å². The van der Waals surface area contributed by atoms with Crippen LogP contribution in [-0.2, 0) is 19.1 Å². The van der Waals surface area contributed by atoms with Crippen LogP contribution in [0.4, 0.5) is 0 Å². The van der Waals surface area contributed by atoms with Crippen molar-refractivity contribution < 1.29 is 19.1 Å². The van der Waals surface area contributed by atoms with Crippen molar-refractivity contribution >= 4 is 11.9 Å². The van der Waals surface area contributed by atoms with E-state index in [1.165, 1.54) is 24.0 Å². The second-order valence-electron chi connectivity index (χ2n) is 6.13. The van der Waals surface area contributed by atoms with E-state index in [2.05, 4.69) is 0 Å². The van der Waals surface area contributed by atoms with Crippen molar-refractivity contribution in [2.45, 2.75) is 71.6 Å². The third-order valence-corrected chi connectivity index (χ3v) is 4.62. The second kappa shape index (κ2) is 8.90. The van der Waals surface area contributed by atoms with Crippen molar-refractivity contribution in [1.29, 1.82) is 0 Å². The van der Waals surface area contributed by atoms with Gasteiger partial charge in [0.15, 0.2) is 0 Å². The predicted octanol–water partition coefficient (Wildman–Crippen LogP) is 4.24. The van der Waals surface area contributed by atoms with E-state index in [4.69, 9.17) is 9.47 Å². The molecule has 0 N–H and O–H groups in total. The van der Waals surface area contributed by atoms with Crippen molar-refractivity contribution in [2.24, 2.45) is 0 Å². The fourth-order valence-electron chi connectivity index (χ4n) is 3.60. The molecule has 0 aromatic carbocycles. The molecule has 0 radical (unpaired) electrons. The van der Waals surface area contributed by atoms with E-state index in [1.54, 1.807) is 0 Å². The number of carbonyl (C=O) groups is 2. The average Bonchev–Trinajstić information content (AvgIpc) is 2.55. The largest absolute Gasteiger partial charge is 0.466 e. The van der Waals surface area contributed by atoms with Gasteiger partial charge in [-0.2, -0.15) is 0 Å². The molecule has 0 saturated carbocycles. The summed E-state index contributed by atoms with van der Waals surface area (Å²) in [5.41, 5.74) is 4.91. The molecule has 0 bridgehead atoms. The number of allylic oxidation sites excluding steroid dienone is 3. The predicted molar refractivity (Wildman–Crippen MR) is 88.9 cm³/mol. The number of hydrogen-bond donors (Lipinski definition) is 0. The van der Waals surface area contributed by atoms with Crippen molar-refractivity contribution in [3.8, 4) is 0 Å². The maximum Gasteiger partial charge on any atom is 0.334 e. The molecule has 0 fully saturated rings. The fraction of sp³-hybridized carbons (Fsp3) is 0.684. The van der Waals surface area contributed by atoms with Crippen LogP contribution in [0.1, 0.15) is 71.6 Å². The summed E-state index contributed by atoms with van der Waals surface area (Å²) in [6.07, 6.45) is 8.35. The molecule has 0 unspecified atom stereocenters. The normalized spacial score (nSPS) is 17.8. The minimum atomic E-state index is -0.171. The number of carbonyl (C=O) groups excluding carboxylic acids is 2. The smallest absolute Gasteiger partial charge is 0.334 e. The molecule has 2 rings (SSSR count). The third-order valence-electron chi connectivity index (χ3n) is 4.62. The summed E-state index contributed by atoms with van der Waals surface area (Å²) in [7, 11) is 0. The Balaban J connectivity index is 2.13. The highest BCUT2D eigenvalue weighted by Gasteiger charge is 2.27. The zero-order valence-corrected chi connectivity index (χ0v) is 14.4. The molecule has 0 saturated heterocycles. The van der Waals surface area contributed by atoms with Gasteiger partial charge >= 0.3 is 11.9 Å².